The van der Waals surface area contributed by atoms with Crippen LogP contribution in [-0.4, -0.2) is 4.98 Å². The number of halogens is 1. The Morgan fingerprint density at radius 1 is 1.16 bits per heavy atom. The van der Waals surface area contributed by atoms with Gasteiger partial charge in [0.25, 0.3) is 0 Å². The van der Waals surface area contributed by atoms with Crippen molar-refractivity contribution in [3.05, 3.63) is 45.3 Å². The Hall–Kier alpha value is -1.41. The number of hydrogen-bond acceptors (Lipinski definition) is 2. The lowest BCUT2D eigenvalue weighted by Crippen LogP contribution is -2.01. The summed E-state index contributed by atoms with van der Waals surface area (Å²) in [5.74, 6) is 0. The minimum atomic E-state index is 0.539. The van der Waals surface area contributed by atoms with E-state index >= 15 is 0 Å². The highest BCUT2D eigenvalue weighted by molar-refractivity contribution is 14.1. The number of fused-ring (bicyclic) bond motifs is 1. The molecule has 0 aliphatic heterocycles. The molecule has 0 saturated heterocycles. The van der Waals surface area contributed by atoms with Crippen molar-refractivity contribution >= 4 is 38.9 Å². The Morgan fingerprint density at radius 3 is 2.63 bits per heavy atom. The highest BCUT2D eigenvalue weighted by Gasteiger charge is 2.16. The molecule has 0 amide bonds. The summed E-state index contributed by atoms with van der Waals surface area (Å²) in [5, 5.41) is 11.4. The minimum Gasteiger partial charge on any atom is -0.236 e. The molecule has 0 unspecified atom stereocenters. The fourth-order valence-electron chi connectivity index (χ4n) is 2.58. The summed E-state index contributed by atoms with van der Waals surface area (Å²) in [5.41, 5.74) is 2.85. The molecule has 0 fully saturated rings. The zero-order valence-corrected chi connectivity index (χ0v) is 12.6. The van der Waals surface area contributed by atoms with Crippen LogP contribution >= 0.6 is 22.6 Å². The van der Waals surface area contributed by atoms with Crippen LogP contribution in [0.3, 0.4) is 0 Å². The van der Waals surface area contributed by atoms with Crippen molar-refractivity contribution in [1.82, 2.24) is 4.98 Å². The number of nitriles is 1. The van der Waals surface area contributed by atoms with Gasteiger partial charge < -0.3 is 0 Å². The van der Waals surface area contributed by atoms with Crippen molar-refractivity contribution in [3.8, 4) is 6.07 Å². The molecule has 0 spiro atoms. The van der Waals surface area contributed by atoms with E-state index in [9.17, 15) is 5.26 Å². The fraction of sp³-hybridized carbons (Fsp3) is 0.250. The molecule has 3 heteroatoms. The highest BCUT2D eigenvalue weighted by Crippen LogP contribution is 2.33. The molecule has 1 aromatic heterocycles. The van der Waals surface area contributed by atoms with Gasteiger partial charge in [0, 0.05) is 14.3 Å². The quantitative estimate of drug-likeness (QED) is 0.693. The Labute approximate surface area is 126 Å². The lowest BCUT2D eigenvalue weighted by Gasteiger charge is -2.15. The molecule has 2 nitrogen and oxygen atoms in total. The fourth-order valence-corrected chi connectivity index (χ4v) is 3.52. The first-order valence-electron chi connectivity index (χ1n) is 6.49. The molecule has 0 atom stereocenters. The third-order valence-electron chi connectivity index (χ3n) is 3.55. The normalized spacial score (nSPS) is 15.1. The van der Waals surface area contributed by atoms with Crippen LogP contribution in [0, 0.1) is 14.9 Å². The van der Waals surface area contributed by atoms with E-state index < -0.39 is 0 Å². The van der Waals surface area contributed by atoms with Gasteiger partial charge in [0.1, 0.15) is 11.8 Å². The van der Waals surface area contributed by atoms with E-state index in [1.807, 2.05) is 18.2 Å². The van der Waals surface area contributed by atoms with Gasteiger partial charge in [-0.1, -0.05) is 30.3 Å². The summed E-state index contributed by atoms with van der Waals surface area (Å²) in [4.78, 5) is 4.61. The average molecular weight is 360 g/mol. The first-order chi connectivity index (χ1) is 9.31. The second kappa shape index (κ2) is 5.30. The van der Waals surface area contributed by atoms with Crippen molar-refractivity contribution < 1.29 is 0 Å². The second-order valence-corrected chi connectivity index (χ2v) is 5.83. The number of pyridine rings is 1. The molecular formula is C16H13IN2. The zero-order chi connectivity index (χ0) is 13.2. The summed E-state index contributed by atoms with van der Waals surface area (Å²) >= 11 is 2.36. The van der Waals surface area contributed by atoms with Crippen LogP contribution < -0.4 is 0 Å². The number of hydrogen-bond donors (Lipinski definition) is 0. The van der Waals surface area contributed by atoms with E-state index in [-0.39, 0.29) is 0 Å². The van der Waals surface area contributed by atoms with E-state index in [4.69, 9.17) is 0 Å². The maximum absolute atomic E-state index is 9.31. The Bertz CT molecular complexity index is 710. The van der Waals surface area contributed by atoms with Gasteiger partial charge in [-0.05, 0) is 53.8 Å². The topological polar surface area (TPSA) is 36.7 Å². The smallest absolute Gasteiger partial charge is 0.149 e. The Balaban J connectivity index is 2.29. The van der Waals surface area contributed by atoms with Crippen molar-refractivity contribution in [2.45, 2.75) is 25.7 Å². The highest BCUT2D eigenvalue weighted by atomic mass is 127. The molecule has 0 bridgehead atoms. The lowest BCUT2D eigenvalue weighted by atomic mass is 9.95. The largest absolute Gasteiger partial charge is 0.236 e. The van der Waals surface area contributed by atoms with Gasteiger partial charge in [-0.25, -0.2) is 4.98 Å². The van der Waals surface area contributed by atoms with Crippen molar-refractivity contribution in [3.63, 3.8) is 0 Å². The predicted octanol–water partition coefficient (Wildman–Crippen LogP) is 4.67. The van der Waals surface area contributed by atoms with E-state index in [1.165, 1.54) is 22.0 Å². The first kappa shape index (κ1) is 12.6. The molecule has 19 heavy (non-hydrogen) atoms. The molecule has 2 aromatic rings. The SMILES string of the molecule is N#Cc1nc(C2=CCCCC2)c(I)c2ccccc12. The lowest BCUT2D eigenvalue weighted by molar-refractivity contribution is 0.739. The van der Waals surface area contributed by atoms with Crippen LogP contribution in [0.2, 0.25) is 0 Å². The molecule has 0 radical (unpaired) electrons. The molecule has 1 heterocycles. The van der Waals surface area contributed by atoms with Crippen LogP contribution in [0.1, 0.15) is 37.1 Å². The molecular weight excluding hydrogens is 347 g/mol. The van der Waals surface area contributed by atoms with Crippen molar-refractivity contribution in [2.24, 2.45) is 0 Å². The van der Waals surface area contributed by atoms with E-state index in [0.717, 1.165) is 29.3 Å². The van der Waals surface area contributed by atoms with E-state index in [0.29, 0.717) is 5.69 Å². The van der Waals surface area contributed by atoms with Crippen molar-refractivity contribution in [1.29, 1.82) is 5.26 Å². The molecule has 1 aliphatic carbocycles. The van der Waals surface area contributed by atoms with Gasteiger partial charge in [0.15, 0.2) is 0 Å². The molecule has 0 saturated carbocycles. The van der Waals surface area contributed by atoms with Gasteiger partial charge >= 0.3 is 0 Å². The van der Waals surface area contributed by atoms with Gasteiger partial charge in [0.05, 0.1) is 5.69 Å². The number of allylic oxidation sites excluding steroid dienone is 2. The van der Waals surface area contributed by atoms with E-state index in [1.54, 1.807) is 0 Å². The van der Waals surface area contributed by atoms with Gasteiger partial charge in [-0.15, -0.1) is 0 Å². The maximum atomic E-state index is 9.31. The van der Waals surface area contributed by atoms with Crippen molar-refractivity contribution in [2.75, 3.05) is 0 Å². The predicted molar refractivity (Wildman–Crippen MR) is 85.6 cm³/mol. The van der Waals surface area contributed by atoms with Gasteiger partial charge in [-0.2, -0.15) is 5.26 Å². The first-order valence-corrected chi connectivity index (χ1v) is 7.57. The third-order valence-corrected chi connectivity index (χ3v) is 4.64. The number of rotatable bonds is 1. The maximum Gasteiger partial charge on any atom is 0.149 e. The summed E-state index contributed by atoms with van der Waals surface area (Å²) < 4.78 is 1.17. The van der Waals surface area contributed by atoms with Gasteiger partial charge in [0.2, 0.25) is 0 Å². The zero-order valence-electron chi connectivity index (χ0n) is 10.5. The average Bonchev–Trinajstić information content (AvgIpc) is 2.49. The molecule has 0 N–H and O–H groups in total. The second-order valence-electron chi connectivity index (χ2n) is 4.76. The molecule has 1 aliphatic rings. The van der Waals surface area contributed by atoms with Crippen LogP contribution in [0.15, 0.2) is 30.3 Å². The summed E-state index contributed by atoms with van der Waals surface area (Å²) in [6.07, 6.45) is 6.97. The molecule has 94 valence electrons. The van der Waals surface area contributed by atoms with Crippen LogP contribution in [0.5, 0.6) is 0 Å². The van der Waals surface area contributed by atoms with Crippen LogP contribution in [0.4, 0.5) is 0 Å². The Kier molecular flexibility index (Phi) is 3.52. The summed E-state index contributed by atoms with van der Waals surface area (Å²) in [6, 6.07) is 10.3. The Morgan fingerprint density at radius 2 is 1.95 bits per heavy atom. The summed E-state index contributed by atoms with van der Waals surface area (Å²) in [7, 11) is 0. The van der Waals surface area contributed by atoms with Gasteiger partial charge in [-0.3, -0.25) is 0 Å². The monoisotopic (exact) mass is 360 g/mol. The number of nitrogens with zero attached hydrogens (tertiary/aromatic N) is 2. The number of benzene rings is 1. The standard InChI is InChI=1S/C16H13IN2/c17-15-13-9-5-4-8-12(13)14(10-18)19-16(15)11-6-2-1-3-7-11/h4-6,8-9H,1-3,7H2. The van der Waals surface area contributed by atoms with E-state index in [2.05, 4.69) is 45.8 Å². The van der Waals surface area contributed by atoms with Crippen LogP contribution in [-0.2, 0) is 0 Å². The summed E-state index contributed by atoms with van der Waals surface area (Å²) in [6.45, 7) is 0. The minimum absolute atomic E-state index is 0.539. The molecule has 1 aromatic carbocycles. The van der Waals surface area contributed by atoms with Crippen LogP contribution in [0.25, 0.3) is 16.3 Å². The third kappa shape index (κ3) is 2.25. The number of aromatic nitrogens is 1. The molecule has 3 rings (SSSR count).